The lowest BCUT2D eigenvalue weighted by Gasteiger charge is -2.27. The lowest BCUT2D eigenvalue weighted by atomic mass is 9.83. The van der Waals surface area contributed by atoms with Crippen LogP contribution in [-0.4, -0.2) is 12.6 Å². The number of hydrogen-bond donors (Lipinski definition) is 1. The van der Waals surface area contributed by atoms with Gasteiger partial charge in [-0.15, -0.1) is 0 Å². The van der Waals surface area contributed by atoms with Crippen LogP contribution in [0.15, 0.2) is 53.6 Å². The highest BCUT2D eigenvalue weighted by Crippen LogP contribution is 2.42. The normalized spacial score (nSPS) is 17.2. The quantitative estimate of drug-likeness (QED) is 0.648. The van der Waals surface area contributed by atoms with Gasteiger partial charge in [-0.1, -0.05) is 41.9 Å². The molecular weight excluding hydrogens is 351 g/mol. The molecular formula is C17H14Cl2N2O3. The summed E-state index contributed by atoms with van der Waals surface area (Å²) in [5, 5.41) is 10.2. The first-order valence-electron chi connectivity index (χ1n) is 6.92. The second-order valence-corrected chi connectivity index (χ2v) is 5.79. The Hall–Kier alpha value is -2.42. The van der Waals surface area contributed by atoms with Gasteiger partial charge in [0.1, 0.15) is 24.0 Å². The molecule has 0 amide bonds. The van der Waals surface area contributed by atoms with E-state index in [2.05, 4.69) is 6.58 Å². The molecule has 1 aromatic carbocycles. The number of rotatable bonds is 4. The summed E-state index contributed by atoms with van der Waals surface area (Å²) in [4.78, 5) is 12.4. The Labute approximate surface area is 149 Å². The standard InChI is InChI=1S/C17H14Cl2N2O3/c1-3-6-23-17(22)14-9(2)24-16(21)12(8-20)15(14)11-5-4-10(18)7-13(11)19/h3-5,7,15H,1,6,21H2,2H3/t15-/m0/s1. The van der Waals surface area contributed by atoms with Gasteiger partial charge < -0.3 is 15.2 Å². The van der Waals surface area contributed by atoms with Gasteiger partial charge >= 0.3 is 5.97 Å². The summed E-state index contributed by atoms with van der Waals surface area (Å²) in [5.74, 6) is -1.27. The van der Waals surface area contributed by atoms with Crippen molar-refractivity contribution in [3.63, 3.8) is 0 Å². The van der Waals surface area contributed by atoms with Gasteiger partial charge in [-0.3, -0.25) is 0 Å². The summed E-state index contributed by atoms with van der Waals surface area (Å²) in [7, 11) is 0. The molecule has 0 fully saturated rings. The largest absolute Gasteiger partial charge is 0.458 e. The second-order valence-electron chi connectivity index (χ2n) is 4.95. The topological polar surface area (TPSA) is 85.3 Å². The molecule has 1 heterocycles. The van der Waals surface area contributed by atoms with Crippen molar-refractivity contribution in [2.45, 2.75) is 12.8 Å². The maximum atomic E-state index is 12.4. The van der Waals surface area contributed by atoms with Crippen LogP contribution in [0, 0.1) is 11.3 Å². The molecule has 2 rings (SSSR count). The fraction of sp³-hybridized carbons (Fsp3) is 0.176. The minimum absolute atomic E-state index is 0.0256. The first-order chi connectivity index (χ1) is 11.4. The zero-order chi connectivity index (χ0) is 17.9. The van der Waals surface area contributed by atoms with E-state index in [1.807, 2.05) is 6.07 Å². The number of nitrogens with two attached hydrogens (primary N) is 1. The molecule has 2 N–H and O–H groups in total. The van der Waals surface area contributed by atoms with Crippen LogP contribution < -0.4 is 5.73 Å². The third kappa shape index (κ3) is 3.40. The van der Waals surface area contributed by atoms with E-state index in [0.29, 0.717) is 15.6 Å². The molecule has 0 radical (unpaired) electrons. The lowest BCUT2D eigenvalue weighted by molar-refractivity contribution is -0.138. The molecule has 5 nitrogen and oxygen atoms in total. The molecule has 0 saturated carbocycles. The van der Waals surface area contributed by atoms with Crippen LogP contribution in [0.4, 0.5) is 0 Å². The molecule has 1 aliphatic rings. The third-order valence-electron chi connectivity index (χ3n) is 3.43. The van der Waals surface area contributed by atoms with Crippen molar-refractivity contribution >= 4 is 29.2 Å². The van der Waals surface area contributed by atoms with Crippen molar-refractivity contribution in [1.29, 1.82) is 5.26 Å². The number of ether oxygens (including phenoxy) is 2. The lowest BCUT2D eigenvalue weighted by Crippen LogP contribution is -2.25. The number of hydrogen-bond acceptors (Lipinski definition) is 5. The molecule has 124 valence electrons. The van der Waals surface area contributed by atoms with Gasteiger partial charge in [0, 0.05) is 10.0 Å². The van der Waals surface area contributed by atoms with E-state index < -0.39 is 11.9 Å². The van der Waals surface area contributed by atoms with Crippen LogP contribution in [0.5, 0.6) is 0 Å². The zero-order valence-electron chi connectivity index (χ0n) is 12.8. The van der Waals surface area contributed by atoms with Crippen LogP contribution in [0.2, 0.25) is 10.0 Å². The first-order valence-corrected chi connectivity index (χ1v) is 7.67. The van der Waals surface area contributed by atoms with Crippen molar-refractivity contribution in [2.75, 3.05) is 6.61 Å². The Morgan fingerprint density at radius 2 is 2.25 bits per heavy atom. The summed E-state index contributed by atoms with van der Waals surface area (Å²) in [6, 6.07) is 6.77. The number of allylic oxidation sites excluding steroid dienone is 2. The Bertz CT molecular complexity index is 807. The number of benzene rings is 1. The molecule has 1 atom stereocenters. The molecule has 0 bridgehead atoms. The van der Waals surface area contributed by atoms with Gasteiger partial charge in [0.25, 0.3) is 0 Å². The average Bonchev–Trinajstić information content (AvgIpc) is 2.52. The molecule has 7 heteroatoms. The molecule has 0 spiro atoms. The van der Waals surface area contributed by atoms with Crippen LogP contribution in [0.1, 0.15) is 18.4 Å². The smallest absolute Gasteiger partial charge is 0.338 e. The predicted molar refractivity (Wildman–Crippen MR) is 91.0 cm³/mol. The van der Waals surface area contributed by atoms with Gasteiger partial charge in [-0.25, -0.2) is 4.79 Å². The fourth-order valence-corrected chi connectivity index (χ4v) is 2.92. The Morgan fingerprint density at radius 3 is 2.83 bits per heavy atom. The van der Waals surface area contributed by atoms with Gasteiger partial charge in [0.05, 0.1) is 11.5 Å². The van der Waals surface area contributed by atoms with E-state index in [4.69, 9.17) is 38.4 Å². The molecule has 0 saturated heterocycles. The Morgan fingerprint density at radius 1 is 1.54 bits per heavy atom. The van der Waals surface area contributed by atoms with E-state index >= 15 is 0 Å². The molecule has 1 aromatic rings. The average molecular weight is 365 g/mol. The highest BCUT2D eigenvalue weighted by Gasteiger charge is 2.37. The van der Waals surface area contributed by atoms with Crippen LogP contribution in [0.25, 0.3) is 0 Å². The zero-order valence-corrected chi connectivity index (χ0v) is 14.3. The summed E-state index contributed by atoms with van der Waals surface area (Å²) in [6.45, 7) is 5.10. The Balaban J connectivity index is 2.62. The summed E-state index contributed by atoms with van der Waals surface area (Å²) in [6.07, 6.45) is 1.44. The van der Waals surface area contributed by atoms with Crippen LogP contribution >= 0.6 is 23.2 Å². The number of carbonyl (C=O) groups is 1. The summed E-state index contributed by atoms with van der Waals surface area (Å²) < 4.78 is 10.4. The maximum Gasteiger partial charge on any atom is 0.338 e. The van der Waals surface area contributed by atoms with Crippen molar-refractivity contribution in [3.05, 3.63) is 69.3 Å². The van der Waals surface area contributed by atoms with Crippen molar-refractivity contribution in [2.24, 2.45) is 5.73 Å². The monoisotopic (exact) mass is 364 g/mol. The third-order valence-corrected chi connectivity index (χ3v) is 3.99. The molecule has 0 aliphatic carbocycles. The highest BCUT2D eigenvalue weighted by atomic mass is 35.5. The van der Waals surface area contributed by atoms with Gasteiger partial charge in [0.2, 0.25) is 5.88 Å². The predicted octanol–water partition coefficient (Wildman–Crippen LogP) is 3.80. The number of halogens is 2. The minimum atomic E-state index is -0.800. The number of esters is 1. The molecule has 0 unspecified atom stereocenters. The number of nitrogens with zero attached hydrogens (tertiary/aromatic N) is 1. The van der Waals surface area contributed by atoms with Gasteiger partial charge in [-0.2, -0.15) is 5.26 Å². The number of carbonyl (C=O) groups excluding carboxylic acids is 1. The van der Waals surface area contributed by atoms with Crippen molar-refractivity contribution in [1.82, 2.24) is 0 Å². The summed E-state index contributed by atoms with van der Waals surface area (Å²) in [5.41, 5.74) is 6.56. The van der Waals surface area contributed by atoms with Gasteiger partial charge in [0.15, 0.2) is 0 Å². The fourth-order valence-electron chi connectivity index (χ4n) is 2.40. The highest BCUT2D eigenvalue weighted by molar-refractivity contribution is 6.35. The second kappa shape index (κ2) is 7.43. The maximum absolute atomic E-state index is 12.4. The summed E-state index contributed by atoms with van der Waals surface area (Å²) >= 11 is 12.2. The Kier molecular flexibility index (Phi) is 5.55. The SMILES string of the molecule is C=CCOC(=O)C1=C(C)OC(N)=C(C#N)[C@@H]1c1ccc(Cl)cc1Cl. The molecule has 24 heavy (non-hydrogen) atoms. The van der Waals surface area contributed by atoms with E-state index in [9.17, 15) is 10.1 Å². The first kappa shape index (κ1) is 17.9. The van der Waals surface area contributed by atoms with Crippen LogP contribution in [0.3, 0.4) is 0 Å². The minimum Gasteiger partial charge on any atom is -0.458 e. The van der Waals surface area contributed by atoms with Crippen molar-refractivity contribution < 1.29 is 14.3 Å². The van der Waals surface area contributed by atoms with E-state index in [1.54, 1.807) is 19.1 Å². The van der Waals surface area contributed by atoms with Crippen LogP contribution in [-0.2, 0) is 14.3 Å². The molecule has 0 aromatic heterocycles. The van der Waals surface area contributed by atoms with E-state index in [1.165, 1.54) is 12.1 Å². The van der Waals surface area contributed by atoms with E-state index in [0.717, 1.165) is 0 Å². The molecule has 1 aliphatic heterocycles. The van der Waals surface area contributed by atoms with E-state index in [-0.39, 0.29) is 29.4 Å². The van der Waals surface area contributed by atoms with Crippen molar-refractivity contribution in [3.8, 4) is 6.07 Å². The van der Waals surface area contributed by atoms with Gasteiger partial charge in [-0.05, 0) is 24.6 Å². The number of nitriles is 1.